The largest absolute Gasteiger partial charge is 0.416 e. The molecule has 0 fully saturated rings. The molecule has 0 saturated heterocycles. The zero-order valence-corrected chi connectivity index (χ0v) is 14.1. The first-order valence-corrected chi connectivity index (χ1v) is 8.74. The number of carbonyl (C=O) groups is 1. The molecule has 0 aliphatic carbocycles. The fourth-order valence-corrected chi connectivity index (χ4v) is 4.15. The van der Waals surface area contributed by atoms with Crippen LogP contribution in [-0.4, -0.2) is 11.3 Å². The van der Waals surface area contributed by atoms with Gasteiger partial charge in [-0.1, -0.05) is 48.2 Å². The van der Waals surface area contributed by atoms with Crippen molar-refractivity contribution in [2.45, 2.75) is 16.5 Å². The van der Waals surface area contributed by atoms with E-state index in [0.717, 1.165) is 28.6 Å². The second-order valence-electron chi connectivity index (χ2n) is 5.96. The minimum absolute atomic E-state index is 0.430. The van der Waals surface area contributed by atoms with Crippen molar-refractivity contribution in [3.05, 3.63) is 76.9 Å². The lowest BCUT2D eigenvalue weighted by Gasteiger charge is -2.23. The Morgan fingerprint density at radius 1 is 1.04 bits per heavy atom. The number of rotatable bonds is 2. The minimum Gasteiger partial charge on any atom is -0.298 e. The number of benzene rings is 2. The second-order valence-corrected chi connectivity index (χ2v) is 7.05. The van der Waals surface area contributed by atoms with E-state index in [2.05, 4.69) is 4.98 Å². The summed E-state index contributed by atoms with van der Waals surface area (Å²) < 4.78 is 39.1. The third-order valence-electron chi connectivity index (χ3n) is 4.22. The van der Waals surface area contributed by atoms with Crippen molar-refractivity contribution >= 4 is 35.0 Å². The molecule has 0 N–H and O–H groups in total. The number of pyridine rings is 1. The van der Waals surface area contributed by atoms with E-state index in [1.54, 1.807) is 12.1 Å². The van der Waals surface area contributed by atoms with Crippen LogP contribution in [0.15, 0.2) is 65.2 Å². The van der Waals surface area contributed by atoms with E-state index in [4.69, 9.17) is 0 Å². The van der Waals surface area contributed by atoms with Crippen molar-refractivity contribution in [2.75, 3.05) is 0 Å². The van der Waals surface area contributed by atoms with Gasteiger partial charge in [-0.05, 0) is 29.8 Å². The van der Waals surface area contributed by atoms with Crippen LogP contribution in [0.2, 0.25) is 0 Å². The molecule has 0 amide bonds. The van der Waals surface area contributed by atoms with E-state index in [1.807, 2.05) is 30.3 Å². The van der Waals surface area contributed by atoms with Crippen LogP contribution in [0.5, 0.6) is 0 Å². The van der Waals surface area contributed by atoms with Crippen LogP contribution in [0, 0.1) is 0 Å². The lowest BCUT2D eigenvalue weighted by molar-refractivity contribution is -0.137. The molecular weight excluding hydrogens is 359 g/mol. The lowest BCUT2D eigenvalue weighted by Crippen LogP contribution is -2.09. The van der Waals surface area contributed by atoms with Crippen molar-refractivity contribution in [3.8, 4) is 0 Å². The molecule has 4 rings (SSSR count). The van der Waals surface area contributed by atoms with E-state index in [0.29, 0.717) is 22.4 Å². The number of halogens is 3. The highest BCUT2D eigenvalue weighted by Gasteiger charge is 2.32. The van der Waals surface area contributed by atoms with Gasteiger partial charge in [0.05, 0.1) is 16.3 Å². The van der Waals surface area contributed by atoms with Crippen LogP contribution in [0.4, 0.5) is 13.2 Å². The van der Waals surface area contributed by atoms with E-state index in [-0.39, 0.29) is 0 Å². The van der Waals surface area contributed by atoms with Gasteiger partial charge in [-0.3, -0.25) is 4.79 Å². The van der Waals surface area contributed by atoms with E-state index in [1.165, 1.54) is 17.8 Å². The number of para-hydroxylation sites is 1. The van der Waals surface area contributed by atoms with E-state index >= 15 is 0 Å². The highest BCUT2D eigenvalue weighted by molar-refractivity contribution is 7.99. The highest BCUT2D eigenvalue weighted by Crippen LogP contribution is 2.46. The van der Waals surface area contributed by atoms with Gasteiger partial charge in [0, 0.05) is 16.5 Å². The Bertz CT molecular complexity index is 1040. The van der Waals surface area contributed by atoms with Gasteiger partial charge in [0.25, 0.3) is 0 Å². The quantitative estimate of drug-likeness (QED) is 0.543. The standard InChI is InChI=1S/C20H12F3NOS/c21-20(22,23)16-6-3-5-13(10-16)18-15(11-25)9-14-8-12-4-1-2-7-17(12)24-19(14)26-18/h1-11,18H/t18-/m1/s1. The van der Waals surface area contributed by atoms with Crippen LogP contribution >= 0.6 is 11.8 Å². The number of nitrogens with zero attached hydrogens (tertiary/aromatic N) is 1. The van der Waals surface area contributed by atoms with Gasteiger partial charge in [-0.15, -0.1) is 0 Å². The Kier molecular flexibility index (Phi) is 4.07. The molecule has 1 atom stereocenters. The average molecular weight is 371 g/mol. The Morgan fingerprint density at radius 3 is 2.62 bits per heavy atom. The molecule has 6 heteroatoms. The predicted octanol–water partition coefficient (Wildman–Crippen LogP) is 5.68. The topological polar surface area (TPSA) is 30.0 Å². The molecule has 1 aliphatic rings. The Morgan fingerprint density at radius 2 is 1.85 bits per heavy atom. The van der Waals surface area contributed by atoms with Crippen molar-refractivity contribution in [1.29, 1.82) is 0 Å². The number of fused-ring (bicyclic) bond motifs is 2. The zero-order valence-electron chi connectivity index (χ0n) is 13.3. The van der Waals surface area contributed by atoms with Gasteiger partial charge in [0.1, 0.15) is 11.3 Å². The fraction of sp³-hybridized carbons (Fsp3) is 0.100. The molecule has 26 heavy (non-hydrogen) atoms. The fourth-order valence-electron chi connectivity index (χ4n) is 2.98. The van der Waals surface area contributed by atoms with Crippen molar-refractivity contribution in [1.82, 2.24) is 4.98 Å². The van der Waals surface area contributed by atoms with Crippen molar-refractivity contribution in [3.63, 3.8) is 0 Å². The molecule has 0 spiro atoms. The molecule has 0 unspecified atom stereocenters. The summed E-state index contributed by atoms with van der Waals surface area (Å²) in [5, 5.41) is 1.14. The van der Waals surface area contributed by atoms with E-state index < -0.39 is 17.0 Å². The average Bonchev–Trinajstić information content (AvgIpc) is 2.64. The Hall–Kier alpha value is -2.60. The molecule has 0 bridgehead atoms. The molecule has 130 valence electrons. The molecule has 1 aliphatic heterocycles. The van der Waals surface area contributed by atoms with Crippen LogP contribution in [0.3, 0.4) is 0 Å². The normalized spacial score (nSPS) is 16.9. The molecule has 2 heterocycles. The van der Waals surface area contributed by atoms with Gasteiger partial charge >= 0.3 is 6.18 Å². The molecule has 0 radical (unpaired) electrons. The van der Waals surface area contributed by atoms with Gasteiger partial charge < -0.3 is 0 Å². The summed E-state index contributed by atoms with van der Waals surface area (Å²) in [5.74, 6) is 0. The second kappa shape index (κ2) is 6.29. The summed E-state index contributed by atoms with van der Waals surface area (Å²) in [6, 6.07) is 14.6. The van der Waals surface area contributed by atoms with Crippen LogP contribution in [0.25, 0.3) is 17.0 Å². The summed E-state index contributed by atoms with van der Waals surface area (Å²) in [7, 11) is 0. The Labute approximate surface area is 151 Å². The summed E-state index contributed by atoms with van der Waals surface area (Å²) in [5.41, 5.74) is 1.75. The van der Waals surface area contributed by atoms with Gasteiger partial charge in [-0.25, -0.2) is 4.98 Å². The molecule has 3 aromatic rings. The molecule has 1 aromatic heterocycles. The molecule has 0 saturated carbocycles. The maximum absolute atomic E-state index is 13.0. The maximum Gasteiger partial charge on any atom is 0.416 e. The number of carbonyl (C=O) groups excluding carboxylic acids is 1. The maximum atomic E-state index is 13.0. The zero-order chi connectivity index (χ0) is 18.3. The first-order valence-electron chi connectivity index (χ1n) is 7.86. The third kappa shape index (κ3) is 3.01. The Balaban J connectivity index is 1.81. The lowest BCUT2D eigenvalue weighted by atomic mass is 10.0. The van der Waals surface area contributed by atoms with Crippen molar-refractivity contribution in [2.24, 2.45) is 0 Å². The number of hydrogen-bond donors (Lipinski definition) is 0. The highest BCUT2D eigenvalue weighted by atomic mass is 32.2. The third-order valence-corrected chi connectivity index (χ3v) is 5.55. The van der Waals surface area contributed by atoms with Gasteiger partial charge in [0.2, 0.25) is 0 Å². The molecular formula is C20H12F3NOS. The molecule has 2 nitrogen and oxygen atoms in total. The summed E-state index contributed by atoms with van der Waals surface area (Å²) in [4.78, 5) is 16.2. The molecule has 2 aromatic carbocycles. The number of aldehydes is 1. The monoisotopic (exact) mass is 371 g/mol. The van der Waals surface area contributed by atoms with Gasteiger partial charge in [0.15, 0.2) is 0 Å². The van der Waals surface area contributed by atoms with Crippen LogP contribution in [0.1, 0.15) is 21.9 Å². The van der Waals surface area contributed by atoms with Crippen LogP contribution < -0.4 is 0 Å². The van der Waals surface area contributed by atoms with E-state index in [9.17, 15) is 18.0 Å². The van der Waals surface area contributed by atoms with Crippen molar-refractivity contribution < 1.29 is 18.0 Å². The first-order chi connectivity index (χ1) is 12.5. The summed E-state index contributed by atoms with van der Waals surface area (Å²) in [6.07, 6.45) is -2.01. The number of hydrogen-bond acceptors (Lipinski definition) is 3. The summed E-state index contributed by atoms with van der Waals surface area (Å²) >= 11 is 1.30. The number of thioether (sulfide) groups is 1. The van der Waals surface area contributed by atoms with Crippen LogP contribution in [-0.2, 0) is 11.0 Å². The minimum atomic E-state index is -4.42. The first kappa shape index (κ1) is 16.8. The number of aromatic nitrogens is 1. The van der Waals surface area contributed by atoms with Gasteiger partial charge in [-0.2, -0.15) is 13.2 Å². The SMILES string of the molecule is O=CC1=Cc2cc3ccccc3nc2S[C@@H]1c1cccc(C(F)(F)F)c1. The smallest absolute Gasteiger partial charge is 0.298 e. The number of alkyl halides is 3. The predicted molar refractivity (Wildman–Crippen MR) is 95.8 cm³/mol. The summed E-state index contributed by atoms with van der Waals surface area (Å²) in [6.45, 7) is 0.